The Kier molecular flexibility index (Phi) is 7.47. The Morgan fingerprint density at radius 3 is 2.34 bits per heavy atom. The maximum absolute atomic E-state index is 12.6. The monoisotopic (exact) mass is 550 g/mol. The molecule has 0 bridgehead atoms. The predicted octanol–water partition coefficient (Wildman–Crippen LogP) is 5.77. The van der Waals surface area contributed by atoms with Gasteiger partial charge in [0.1, 0.15) is 11.0 Å². The van der Waals surface area contributed by atoms with Crippen LogP contribution >= 0.6 is 28.1 Å². The van der Waals surface area contributed by atoms with Crippen molar-refractivity contribution in [3.05, 3.63) is 75.8 Å². The number of fused-ring (bicyclic) bond motifs is 1. The summed E-state index contributed by atoms with van der Waals surface area (Å²) in [5.41, 5.74) is 6.93. The van der Waals surface area contributed by atoms with Crippen LogP contribution in [0.4, 0.5) is 11.4 Å². The minimum Gasteiger partial charge on any atom is -0.372 e. The van der Waals surface area contributed by atoms with E-state index in [0.717, 1.165) is 46.6 Å². The number of hydrogen-bond acceptors (Lipinski definition) is 5. The average Bonchev–Trinajstić information content (AvgIpc) is 3.22. The highest BCUT2D eigenvalue weighted by Gasteiger charge is 2.14. The summed E-state index contributed by atoms with van der Waals surface area (Å²) in [6.07, 6.45) is 0. The van der Waals surface area contributed by atoms with Crippen LogP contribution in [0, 0.1) is 13.8 Å². The van der Waals surface area contributed by atoms with Gasteiger partial charge in [-0.25, -0.2) is 0 Å². The first-order valence-corrected chi connectivity index (χ1v) is 12.6. The molecule has 7 nitrogen and oxygen atoms in total. The smallest absolute Gasteiger partial charge is 0.258 e. The first-order valence-electron chi connectivity index (χ1n) is 11.4. The van der Waals surface area contributed by atoms with E-state index in [4.69, 9.17) is 22.4 Å². The largest absolute Gasteiger partial charge is 0.372 e. The number of carbonyl (C=O) groups is 1. The van der Waals surface area contributed by atoms with E-state index in [1.807, 2.05) is 31.2 Å². The SMILES string of the molecule is CCN(CC)c1ccc(-n2nc3cc(C)c(NC(=S)NC(=O)c4ccccc4Br)cc3n2)c(C)c1. The Bertz CT molecular complexity index is 1410. The van der Waals surface area contributed by atoms with Crippen LogP contribution in [0.15, 0.2) is 59.1 Å². The van der Waals surface area contributed by atoms with Crippen LogP contribution in [0.2, 0.25) is 0 Å². The van der Waals surface area contributed by atoms with Crippen molar-refractivity contribution >= 4 is 61.6 Å². The lowest BCUT2D eigenvalue weighted by Crippen LogP contribution is -2.34. The Morgan fingerprint density at radius 2 is 1.69 bits per heavy atom. The van der Waals surface area contributed by atoms with E-state index < -0.39 is 0 Å². The quantitative estimate of drug-likeness (QED) is 0.297. The van der Waals surface area contributed by atoms with E-state index >= 15 is 0 Å². The normalized spacial score (nSPS) is 10.9. The van der Waals surface area contributed by atoms with Crippen molar-refractivity contribution in [2.45, 2.75) is 27.7 Å². The molecule has 0 aliphatic heterocycles. The molecule has 0 spiro atoms. The summed E-state index contributed by atoms with van der Waals surface area (Å²) >= 11 is 8.78. The molecule has 0 atom stereocenters. The van der Waals surface area contributed by atoms with Crippen LogP contribution < -0.4 is 15.5 Å². The lowest BCUT2D eigenvalue weighted by atomic mass is 10.1. The number of benzene rings is 3. The van der Waals surface area contributed by atoms with Gasteiger partial charge in [-0.3, -0.25) is 10.1 Å². The lowest BCUT2D eigenvalue weighted by molar-refractivity contribution is 0.0977. The van der Waals surface area contributed by atoms with Gasteiger partial charge in [-0.2, -0.15) is 4.80 Å². The number of hydrogen-bond donors (Lipinski definition) is 2. The molecule has 1 aromatic heterocycles. The molecule has 0 saturated carbocycles. The number of halogens is 1. The predicted molar refractivity (Wildman–Crippen MR) is 150 cm³/mol. The maximum atomic E-state index is 12.6. The highest BCUT2D eigenvalue weighted by atomic mass is 79.9. The molecule has 0 unspecified atom stereocenters. The molecule has 3 aromatic carbocycles. The Hall–Kier alpha value is -3.30. The standard InChI is InChI=1S/C26H27BrN6OS/c1-5-32(6-2)18-11-12-24(17(4)13-18)33-30-22-14-16(3)21(15-23(22)31-33)28-26(35)29-25(34)19-9-7-8-10-20(19)27/h7-15H,5-6H2,1-4H3,(H2,28,29,34,35). The highest BCUT2D eigenvalue weighted by molar-refractivity contribution is 9.10. The summed E-state index contributed by atoms with van der Waals surface area (Å²) < 4.78 is 0.704. The second kappa shape index (κ2) is 10.5. The molecule has 0 fully saturated rings. The summed E-state index contributed by atoms with van der Waals surface area (Å²) in [4.78, 5) is 16.5. The number of rotatable bonds is 6. The van der Waals surface area contributed by atoms with Crippen molar-refractivity contribution in [1.29, 1.82) is 0 Å². The number of aromatic nitrogens is 3. The summed E-state index contributed by atoms with van der Waals surface area (Å²) in [6.45, 7) is 10.3. The number of nitrogens with one attached hydrogen (secondary N) is 2. The van der Waals surface area contributed by atoms with Gasteiger partial charge in [0.25, 0.3) is 5.91 Å². The third kappa shape index (κ3) is 5.36. The van der Waals surface area contributed by atoms with E-state index in [2.05, 4.69) is 70.4 Å². The highest BCUT2D eigenvalue weighted by Crippen LogP contribution is 2.25. The van der Waals surface area contributed by atoms with Crippen LogP contribution in [-0.2, 0) is 0 Å². The lowest BCUT2D eigenvalue weighted by Gasteiger charge is -2.22. The number of aryl methyl sites for hydroxylation is 2. The van der Waals surface area contributed by atoms with E-state index in [1.165, 1.54) is 5.69 Å². The first kappa shape index (κ1) is 24.8. The molecule has 4 rings (SSSR count). The van der Waals surface area contributed by atoms with Gasteiger partial charge in [0.2, 0.25) is 0 Å². The van der Waals surface area contributed by atoms with Crippen molar-refractivity contribution in [1.82, 2.24) is 20.3 Å². The van der Waals surface area contributed by atoms with Crippen LogP contribution in [-0.4, -0.2) is 39.1 Å². The summed E-state index contributed by atoms with van der Waals surface area (Å²) in [6, 6.07) is 17.4. The number of amides is 1. The Balaban J connectivity index is 1.55. The van der Waals surface area contributed by atoms with E-state index in [0.29, 0.717) is 10.0 Å². The molecule has 1 heterocycles. The van der Waals surface area contributed by atoms with Crippen molar-refractivity contribution in [3.63, 3.8) is 0 Å². The summed E-state index contributed by atoms with van der Waals surface area (Å²) in [5, 5.41) is 15.5. The molecule has 35 heavy (non-hydrogen) atoms. The third-order valence-corrected chi connectivity index (χ3v) is 6.74. The first-order chi connectivity index (χ1) is 16.8. The van der Waals surface area contributed by atoms with Crippen molar-refractivity contribution < 1.29 is 4.79 Å². The van der Waals surface area contributed by atoms with Crippen LogP contribution in [0.25, 0.3) is 16.7 Å². The number of carbonyl (C=O) groups excluding carboxylic acids is 1. The number of nitrogens with zero attached hydrogens (tertiary/aromatic N) is 4. The molecule has 180 valence electrons. The van der Waals surface area contributed by atoms with Crippen molar-refractivity contribution in [2.24, 2.45) is 0 Å². The Morgan fingerprint density at radius 1 is 1.00 bits per heavy atom. The van der Waals surface area contributed by atoms with Gasteiger partial charge in [-0.1, -0.05) is 12.1 Å². The van der Waals surface area contributed by atoms with Gasteiger partial charge < -0.3 is 10.2 Å². The second-order valence-electron chi connectivity index (χ2n) is 8.18. The fourth-order valence-corrected chi connectivity index (χ4v) is 4.60. The molecule has 4 aromatic rings. The topological polar surface area (TPSA) is 75.1 Å². The van der Waals surface area contributed by atoms with Crippen LogP contribution in [0.3, 0.4) is 0 Å². The molecule has 0 aliphatic rings. The van der Waals surface area contributed by atoms with Gasteiger partial charge in [0, 0.05) is 28.9 Å². The van der Waals surface area contributed by atoms with Gasteiger partial charge in [0.15, 0.2) is 5.11 Å². The summed E-state index contributed by atoms with van der Waals surface area (Å²) in [5.74, 6) is -0.289. The fourth-order valence-electron chi connectivity index (χ4n) is 3.93. The number of thiocarbonyl (C=S) groups is 1. The van der Waals surface area contributed by atoms with Crippen molar-refractivity contribution in [3.8, 4) is 5.69 Å². The second-order valence-corrected chi connectivity index (χ2v) is 9.44. The minimum absolute atomic E-state index is 0.212. The van der Waals surface area contributed by atoms with Gasteiger partial charge in [-0.15, -0.1) is 10.2 Å². The summed E-state index contributed by atoms with van der Waals surface area (Å²) in [7, 11) is 0. The molecule has 0 saturated heterocycles. The molecular formula is C26H27BrN6OS. The molecule has 0 radical (unpaired) electrons. The minimum atomic E-state index is -0.289. The van der Waals surface area contributed by atoms with Crippen molar-refractivity contribution in [2.75, 3.05) is 23.3 Å². The maximum Gasteiger partial charge on any atom is 0.258 e. The van der Waals surface area contributed by atoms with E-state index in [1.54, 1.807) is 16.9 Å². The Labute approximate surface area is 218 Å². The molecule has 0 aliphatic carbocycles. The van der Waals surface area contributed by atoms with Crippen LogP contribution in [0.1, 0.15) is 35.3 Å². The average molecular weight is 552 g/mol. The van der Waals surface area contributed by atoms with E-state index in [9.17, 15) is 4.79 Å². The zero-order valence-corrected chi connectivity index (χ0v) is 22.5. The van der Waals surface area contributed by atoms with Gasteiger partial charge in [-0.05, 0) is 109 Å². The molecule has 1 amide bonds. The zero-order chi connectivity index (χ0) is 25.1. The van der Waals surface area contributed by atoms with Gasteiger partial charge >= 0.3 is 0 Å². The van der Waals surface area contributed by atoms with Gasteiger partial charge in [0.05, 0.1) is 11.3 Å². The molecular weight excluding hydrogens is 524 g/mol. The molecule has 9 heteroatoms. The van der Waals surface area contributed by atoms with E-state index in [-0.39, 0.29) is 11.0 Å². The molecule has 2 N–H and O–H groups in total. The zero-order valence-electron chi connectivity index (χ0n) is 20.1. The fraction of sp³-hybridized carbons (Fsp3) is 0.231. The van der Waals surface area contributed by atoms with Crippen LogP contribution in [0.5, 0.6) is 0 Å². The number of anilines is 2. The third-order valence-electron chi connectivity index (χ3n) is 5.84.